The Bertz CT molecular complexity index is 796. The van der Waals surface area contributed by atoms with Gasteiger partial charge in [0.25, 0.3) is 0 Å². The fourth-order valence-electron chi connectivity index (χ4n) is 3.48. The summed E-state index contributed by atoms with van der Waals surface area (Å²) in [5.74, 6) is 3.14. The lowest BCUT2D eigenvalue weighted by atomic mass is 10.1. The first-order valence-electron chi connectivity index (χ1n) is 10.7. The van der Waals surface area contributed by atoms with Crippen LogP contribution >= 0.6 is 0 Å². The molecular formula is C22H33N5O2. The lowest BCUT2D eigenvalue weighted by Crippen LogP contribution is -2.37. The molecule has 7 heteroatoms. The standard InChI is InChI=1S/C22H33N5O2/c1-4-23-22(24-13-7-10-21-26-17(3)27-29-21)25-15-18-12-11-16(2)14-20(18)28-19-8-5-6-9-19/h11-12,14,19H,4-10,13,15H2,1-3H3,(H2,23,24,25). The minimum absolute atomic E-state index is 0.347. The number of aryl methyl sites for hydroxylation is 3. The van der Waals surface area contributed by atoms with E-state index < -0.39 is 0 Å². The smallest absolute Gasteiger partial charge is 0.226 e. The van der Waals surface area contributed by atoms with E-state index in [4.69, 9.17) is 14.3 Å². The van der Waals surface area contributed by atoms with Crippen LogP contribution in [0.3, 0.4) is 0 Å². The summed E-state index contributed by atoms with van der Waals surface area (Å²) >= 11 is 0. The molecule has 0 bridgehead atoms. The number of nitrogens with one attached hydrogen (secondary N) is 2. The molecule has 1 aliphatic rings. The van der Waals surface area contributed by atoms with Gasteiger partial charge >= 0.3 is 0 Å². The molecule has 0 unspecified atom stereocenters. The SMILES string of the molecule is CCNC(=NCc1ccc(C)cc1OC1CCCC1)NCCCc1nc(C)no1. The van der Waals surface area contributed by atoms with Gasteiger partial charge in [-0.05, 0) is 64.5 Å². The molecule has 0 atom stereocenters. The third-order valence-electron chi connectivity index (χ3n) is 5.00. The van der Waals surface area contributed by atoms with Gasteiger partial charge in [0.05, 0.1) is 12.6 Å². The molecule has 0 radical (unpaired) electrons. The number of aliphatic imine (C=N–C) groups is 1. The van der Waals surface area contributed by atoms with E-state index in [1.54, 1.807) is 0 Å². The monoisotopic (exact) mass is 399 g/mol. The Morgan fingerprint density at radius 1 is 1.24 bits per heavy atom. The van der Waals surface area contributed by atoms with Crippen molar-refractivity contribution in [1.29, 1.82) is 0 Å². The number of aromatic nitrogens is 2. The van der Waals surface area contributed by atoms with Crippen LogP contribution in [0.1, 0.15) is 61.9 Å². The molecule has 2 N–H and O–H groups in total. The molecule has 1 aromatic carbocycles. The van der Waals surface area contributed by atoms with Crippen LogP contribution in [0.2, 0.25) is 0 Å². The third kappa shape index (κ3) is 6.76. The second-order valence-electron chi connectivity index (χ2n) is 7.60. The molecular weight excluding hydrogens is 366 g/mol. The normalized spacial score (nSPS) is 14.9. The van der Waals surface area contributed by atoms with E-state index in [0.717, 1.165) is 56.0 Å². The fourth-order valence-corrected chi connectivity index (χ4v) is 3.48. The van der Waals surface area contributed by atoms with Crippen LogP contribution in [0.15, 0.2) is 27.7 Å². The van der Waals surface area contributed by atoms with Gasteiger partial charge in [-0.2, -0.15) is 4.98 Å². The summed E-state index contributed by atoms with van der Waals surface area (Å²) < 4.78 is 11.4. The predicted molar refractivity (Wildman–Crippen MR) is 114 cm³/mol. The minimum atomic E-state index is 0.347. The van der Waals surface area contributed by atoms with Gasteiger partial charge in [0, 0.05) is 25.1 Å². The Morgan fingerprint density at radius 2 is 2.07 bits per heavy atom. The fraction of sp³-hybridized carbons (Fsp3) is 0.591. The van der Waals surface area contributed by atoms with Crippen LogP contribution in [0.25, 0.3) is 0 Å². The molecule has 1 heterocycles. The Kier molecular flexibility index (Phi) is 7.90. The van der Waals surface area contributed by atoms with Crippen LogP contribution in [-0.4, -0.2) is 35.3 Å². The highest BCUT2D eigenvalue weighted by Gasteiger charge is 2.18. The molecule has 0 aliphatic heterocycles. The maximum absolute atomic E-state index is 6.30. The predicted octanol–water partition coefficient (Wildman–Crippen LogP) is 3.70. The van der Waals surface area contributed by atoms with E-state index in [2.05, 4.69) is 52.8 Å². The lowest BCUT2D eigenvalue weighted by molar-refractivity contribution is 0.208. The van der Waals surface area contributed by atoms with Crippen molar-refractivity contribution in [1.82, 2.24) is 20.8 Å². The summed E-state index contributed by atoms with van der Waals surface area (Å²) in [4.78, 5) is 8.99. The van der Waals surface area contributed by atoms with Crippen molar-refractivity contribution in [2.75, 3.05) is 13.1 Å². The minimum Gasteiger partial charge on any atom is -0.490 e. The Balaban J connectivity index is 1.55. The van der Waals surface area contributed by atoms with Gasteiger partial charge in [0.1, 0.15) is 5.75 Å². The van der Waals surface area contributed by atoms with Crippen LogP contribution in [0, 0.1) is 13.8 Å². The number of benzene rings is 1. The lowest BCUT2D eigenvalue weighted by Gasteiger charge is -2.17. The highest BCUT2D eigenvalue weighted by molar-refractivity contribution is 5.79. The van der Waals surface area contributed by atoms with Crippen LogP contribution in [0.4, 0.5) is 0 Å². The first-order valence-corrected chi connectivity index (χ1v) is 10.7. The zero-order valence-electron chi connectivity index (χ0n) is 17.8. The van der Waals surface area contributed by atoms with Gasteiger partial charge in [0.2, 0.25) is 5.89 Å². The van der Waals surface area contributed by atoms with Gasteiger partial charge in [-0.25, -0.2) is 4.99 Å². The highest BCUT2D eigenvalue weighted by atomic mass is 16.5. The quantitative estimate of drug-likeness (QED) is 0.380. The van der Waals surface area contributed by atoms with E-state index in [1.165, 1.54) is 18.4 Å². The largest absolute Gasteiger partial charge is 0.490 e. The summed E-state index contributed by atoms with van der Waals surface area (Å²) in [6, 6.07) is 6.39. The van der Waals surface area contributed by atoms with E-state index in [-0.39, 0.29) is 0 Å². The van der Waals surface area contributed by atoms with Crippen molar-refractivity contribution < 1.29 is 9.26 Å². The van der Waals surface area contributed by atoms with Gasteiger partial charge in [-0.3, -0.25) is 0 Å². The Labute approximate surface area is 173 Å². The number of hydrogen-bond acceptors (Lipinski definition) is 5. The van der Waals surface area contributed by atoms with Gasteiger partial charge in [-0.15, -0.1) is 0 Å². The molecule has 0 saturated heterocycles. The molecule has 1 fully saturated rings. The molecule has 158 valence electrons. The first-order chi connectivity index (χ1) is 14.1. The number of nitrogens with zero attached hydrogens (tertiary/aromatic N) is 3. The second kappa shape index (κ2) is 10.8. The molecule has 2 aromatic rings. The summed E-state index contributed by atoms with van der Waals surface area (Å²) in [7, 11) is 0. The van der Waals surface area contributed by atoms with Crippen LogP contribution in [-0.2, 0) is 13.0 Å². The van der Waals surface area contributed by atoms with Crippen molar-refractivity contribution in [2.45, 2.75) is 71.9 Å². The number of hydrogen-bond donors (Lipinski definition) is 2. The van der Waals surface area contributed by atoms with Gasteiger partial charge in [0.15, 0.2) is 11.8 Å². The molecule has 0 amide bonds. The molecule has 3 rings (SSSR count). The molecule has 7 nitrogen and oxygen atoms in total. The molecule has 0 spiro atoms. The highest BCUT2D eigenvalue weighted by Crippen LogP contribution is 2.28. The van der Waals surface area contributed by atoms with E-state index in [9.17, 15) is 0 Å². The van der Waals surface area contributed by atoms with Crippen molar-refractivity contribution in [3.8, 4) is 5.75 Å². The maximum Gasteiger partial charge on any atom is 0.226 e. The van der Waals surface area contributed by atoms with E-state index in [0.29, 0.717) is 24.4 Å². The zero-order chi connectivity index (χ0) is 20.5. The third-order valence-corrected chi connectivity index (χ3v) is 5.00. The summed E-state index contributed by atoms with van der Waals surface area (Å²) in [6.07, 6.45) is 6.83. The molecule has 1 saturated carbocycles. The molecule has 1 aromatic heterocycles. The summed E-state index contributed by atoms with van der Waals surface area (Å²) in [5.41, 5.74) is 2.34. The molecule has 29 heavy (non-hydrogen) atoms. The second-order valence-corrected chi connectivity index (χ2v) is 7.60. The van der Waals surface area contributed by atoms with Crippen molar-refractivity contribution >= 4 is 5.96 Å². The first kappa shape index (κ1) is 21.1. The Hall–Kier alpha value is -2.57. The Morgan fingerprint density at radius 3 is 2.79 bits per heavy atom. The average molecular weight is 400 g/mol. The van der Waals surface area contributed by atoms with Crippen molar-refractivity contribution in [2.24, 2.45) is 4.99 Å². The number of ether oxygens (including phenoxy) is 1. The summed E-state index contributed by atoms with van der Waals surface area (Å²) in [5, 5.41) is 10.5. The van der Waals surface area contributed by atoms with Crippen LogP contribution < -0.4 is 15.4 Å². The van der Waals surface area contributed by atoms with Crippen LogP contribution in [0.5, 0.6) is 5.75 Å². The maximum atomic E-state index is 6.30. The topological polar surface area (TPSA) is 84.6 Å². The van der Waals surface area contributed by atoms with Crippen molar-refractivity contribution in [3.05, 3.63) is 41.0 Å². The zero-order valence-corrected chi connectivity index (χ0v) is 17.8. The molecule has 1 aliphatic carbocycles. The van der Waals surface area contributed by atoms with Crippen molar-refractivity contribution in [3.63, 3.8) is 0 Å². The van der Waals surface area contributed by atoms with Gasteiger partial charge < -0.3 is 19.9 Å². The van der Waals surface area contributed by atoms with E-state index >= 15 is 0 Å². The number of rotatable bonds is 9. The average Bonchev–Trinajstić information content (AvgIpc) is 3.36. The summed E-state index contributed by atoms with van der Waals surface area (Å²) in [6.45, 7) is 8.18. The van der Waals surface area contributed by atoms with E-state index in [1.807, 2.05) is 6.92 Å². The van der Waals surface area contributed by atoms with Gasteiger partial charge in [-0.1, -0.05) is 17.3 Å². The number of guanidine groups is 1.